The van der Waals surface area contributed by atoms with Crippen molar-refractivity contribution in [3.8, 4) is 0 Å². The Morgan fingerprint density at radius 1 is 1.40 bits per heavy atom. The minimum Gasteiger partial charge on any atom is -0.479 e. The topological polar surface area (TPSA) is 67.2 Å². The van der Waals surface area contributed by atoms with Crippen molar-refractivity contribution in [3.05, 3.63) is 48.0 Å². The Hall–Kier alpha value is -2.30. The smallest absolute Gasteiger partial charge is 0.332 e. The molecule has 1 heterocycles. The molecule has 0 amide bonds. The number of hydrogen-bond donors (Lipinski definition) is 2. The number of benzene rings is 1. The maximum atomic E-state index is 11.6. The molecule has 0 aliphatic carbocycles. The largest absolute Gasteiger partial charge is 0.479 e. The van der Waals surface area contributed by atoms with Gasteiger partial charge in [0, 0.05) is 11.7 Å². The molecule has 20 heavy (non-hydrogen) atoms. The molecule has 5 nitrogen and oxygen atoms in total. The van der Waals surface area contributed by atoms with Gasteiger partial charge in [0.2, 0.25) is 0 Å². The highest BCUT2D eigenvalue weighted by Gasteiger charge is 2.24. The van der Waals surface area contributed by atoms with Crippen LogP contribution in [0.1, 0.15) is 37.2 Å². The van der Waals surface area contributed by atoms with Gasteiger partial charge in [-0.2, -0.15) is 0 Å². The average Bonchev–Trinajstić information content (AvgIpc) is 2.84. The zero-order chi connectivity index (χ0) is 14.7. The first-order valence-electron chi connectivity index (χ1n) is 6.56. The molecule has 0 radical (unpaired) electrons. The van der Waals surface area contributed by atoms with Gasteiger partial charge in [-0.15, -0.1) is 0 Å². The van der Waals surface area contributed by atoms with Crippen LogP contribution in [0.25, 0.3) is 0 Å². The van der Waals surface area contributed by atoms with Gasteiger partial charge in [0.25, 0.3) is 0 Å². The molecule has 5 heteroatoms. The predicted molar refractivity (Wildman–Crippen MR) is 77.8 cm³/mol. The van der Waals surface area contributed by atoms with Crippen LogP contribution in [0.2, 0.25) is 0 Å². The van der Waals surface area contributed by atoms with E-state index in [9.17, 15) is 9.90 Å². The van der Waals surface area contributed by atoms with Crippen molar-refractivity contribution in [2.24, 2.45) is 0 Å². The number of nitrogens with one attached hydrogen (secondary N) is 1. The second kappa shape index (κ2) is 5.77. The monoisotopic (exact) mass is 273 g/mol. The normalized spacial score (nSPS) is 12.4. The minimum atomic E-state index is -0.922. The standard InChI is InChI=1S/C15H19N3O2/c1-10(2)18-9-16-8-13(18)14(15(19)20)17-12-6-4-5-11(3)7-12/h4-10,14,17H,1-3H3,(H,19,20). The summed E-state index contributed by atoms with van der Waals surface area (Å²) in [6, 6.07) is 7.00. The highest BCUT2D eigenvalue weighted by atomic mass is 16.4. The molecule has 2 N–H and O–H groups in total. The van der Waals surface area contributed by atoms with Crippen molar-refractivity contribution >= 4 is 11.7 Å². The van der Waals surface area contributed by atoms with Gasteiger partial charge < -0.3 is 15.0 Å². The third-order valence-electron chi connectivity index (χ3n) is 3.12. The van der Waals surface area contributed by atoms with E-state index in [1.54, 1.807) is 12.5 Å². The third-order valence-corrected chi connectivity index (χ3v) is 3.12. The van der Waals surface area contributed by atoms with Crippen LogP contribution in [0.3, 0.4) is 0 Å². The van der Waals surface area contributed by atoms with Gasteiger partial charge in [-0.1, -0.05) is 12.1 Å². The number of carboxylic acid groups (broad SMARTS) is 1. The van der Waals surface area contributed by atoms with Gasteiger partial charge in [-0.05, 0) is 38.5 Å². The van der Waals surface area contributed by atoms with E-state index in [-0.39, 0.29) is 6.04 Å². The van der Waals surface area contributed by atoms with E-state index in [0.717, 1.165) is 11.3 Å². The summed E-state index contributed by atoms with van der Waals surface area (Å²) in [5, 5.41) is 12.5. The second-order valence-electron chi connectivity index (χ2n) is 5.10. The summed E-state index contributed by atoms with van der Waals surface area (Å²) in [4.78, 5) is 15.6. The molecule has 0 aliphatic heterocycles. The van der Waals surface area contributed by atoms with Crippen LogP contribution >= 0.6 is 0 Å². The lowest BCUT2D eigenvalue weighted by atomic mass is 10.1. The third kappa shape index (κ3) is 2.99. The number of nitrogens with zero attached hydrogens (tertiary/aromatic N) is 2. The lowest BCUT2D eigenvalue weighted by Gasteiger charge is -2.19. The van der Waals surface area contributed by atoms with Crippen molar-refractivity contribution in [3.63, 3.8) is 0 Å². The van der Waals surface area contributed by atoms with Gasteiger partial charge in [-0.3, -0.25) is 0 Å². The van der Waals surface area contributed by atoms with E-state index in [1.807, 2.05) is 49.6 Å². The number of carboxylic acids is 1. The minimum absolute atomic E-state index is 0.161. The summed E-state index contributed by atoms with van der Waals surface area (Å²) in [5.74, 6) is -0.922. The first-order valence-corrected chi connectivity index (χ1v) is 6.56. The van der Waals surface area contributed by atoms with E-state index in [4.69, 9.17) is 0 Å². The molecule has 0 spiro atoms. The first-order chi connectivity index (χ1) is 9.49. The number of carbonyl (C=O) groups is 1. The molecule has 2 rings (SSSR count). The molecule has 1 aromatic heterocycles. The highest BCUT2D eigenvalue weighted by molar-refractivity contribution is 5.78. The van der Waals surface area contributed by atoms with E-state index >= 15 is 0 Å². The summed E-state index contributed by atoms with van der Waals surface area (Å²) in [6.07, 6.45) is 3.26. The molecule has 1 aromatic carbocycles. The Balaban J connectivity index is 2.32. The lowest BCUT2D eigenvalue weighted by Crippen LogP contribution is -2.24. The van der Waals surface area contributed by atoms with Crippen molar-refractivity contribution in [2.75, 3.05) is 5.32 Å². The summed E-state index contributed by atoms with van der Waals surface area (Å²) in [5.41, 5.74) is 2.51. The zero-order valence-electron chi connectivity index (χ0n) is 11.9. The van der Waals surface area contributed by atoms with E-state index < -0.39 is 12.0 Å². The summed E-state index contributed by atoms with van der Waals surface area (Å²) in [7, 11) is 0. The fourth-order valence-electron chi connectivity index (χ4n) is 2.13. The van der Waals surface area contributed by atoms with Crippen LogP contribution in [0.4, 0.5) is 5.69 Å². The van der Waals surface area contributed by atoms with Crippen LogP contribution in [0.15, 0.2) is 36.8 Å². The predicted octanol–water partition coefficient (Wildman–Crippen LogP) is 3.01. The Kier molecular flexibility index (Phi) is 4.08. The van der Waals surface area contributed by atoms with Gasteiger partial charge in [0.05, 0.1) is 18.2 Å². The molecule has 0 saturated heterocycles. The Morgan fingerprint density at radius 2 is 2.15 bits per heavy atom. The average molecular weight is 273 g/mol. The molecule has 1 unspecified atom stereocenters. The first kappa shape index (κ1) is 14.1. The highest BCUT2D eigenvalue weighted by Crippen LogP contribution is 2.22. The number of imidazole rings is 1. The molecule has 0 aliphatic rings. The van der Waals surface area contributed by atoms with E-state index in [1.165, 1.54) is 0 Å². The molecule has 2 aromatic rings. The summed E-state index contributed by atoms with van der Waals surface area (Å²) in [6.45, 7) is 5.97. The summed E-state index contributed by atoms with van der Waals surface area (Å²) < 4.78 is 1.86. The maximum Gasteiger partial charge on any atom is 0.332 e. The second-order valence-corrected chi connectivity index (χ2v) is 5.10. The molecule has 0 bridgehead atoms. The lowest BCUT2D eigenvalue weighted by molar-refractivity contribution is -0.138. The zero-order valence-corrected chi connectivity index (χ0v) is 11.9. The van der Waals surface area contributed by atoms with Gasteiger partial charge >= 0.3 is 5.97 Å². The Morgan fingerprint density at radius 3 is 2.75 bits per heavy atom. The van der Waals surface area contributed by atoms with Crippen LogP contribution in [-0.2, 0) is 4.79 Å². The molecular formula is C15H19N3O2. The summed E-state index contributed by atoms with van der Waals surface area (Å²) >= 11 is 0. The van der Waals surface area contributed by atoms with Crippen LogP contribution in [0.5, 0.6) is 0 Å². The fourth-order valence-corrected chi connectivity index (χ4v) is 2.13. The van der Waals surface area contributed by atoms with Crippen molar-refractivity contribution < 1.29 is 9.90 Å². The van der Waals surface area contributed by atoms with E-state index in [0.29, 0.717) is 5.69 Å². The number of aromatic nitrogens is 2. The van der Waals surface area contributed by atoms with Gasteiger partial charge in [-0.25, -0.2) is 9.78 Å². The number of anilines is 1. The quantitative estimate of drug-likeness (QED) is 0.878. The van der Waals surface area contributed by atoms with Crippen LogP contribution in [0, 0.1) is 6.92 Å². The molecule has 106 valence electrons. The number of aliphatic carboxylic acids is 1. The number of aryl methyl sites for hydroxylation is 1. The molecular weight excluding hydrogens is 254 g/mol. The molecule has 0 saturated carbocycles. The number of hydrogen-bond acceptors (Lipinski definition) is 3. The SMILES string of the molecule is Cc1cccc(NC(C(=O)O)c2cncn2C(C)C)c1. The van der Waals surface area contributed by atoms with Crippen molar-refractivity contribution in [2.45, 2.75) is 32.9 Å². The number of rotatable bonds is 5. The van der Waals surface area contributed by atoms with Crippen LogP contribution < -0.4 is 5.32 Å². The molecule has 0 fully saturated rings. The van der Waals surface area contributed by atoms with Crippen LogP contribution in [-0.4, -0.2) is 20.6 Å². The maximum absolute atomic E-state index is 11.6. The Bertz CT molecular complexity index is 605. The molecule has 1 atom stereocenters. The fraction of sp³-hybridized carbons (Fsp3) is 0.333. The van der Waals surface area contributed by atoms with E-state index in [2.05, 4.69) is 10.3 Å². The van der Waals surface area contributed by atoms with Gasteiger partial charge in [0.15, 0.2) is 6.04 Å². The van der Waals surface area contributed by atoms with Gasteiger partial charge in [0.1, 0.15) is 0 Å². The van der Waals surface area contributed by atoms with Crippen molar-refractivity contribution in [1.29, 1.82) is 0 Å². The Labute approximate surface area is 118 Å². The van der Waals surface area contributed by atoms with Crippen molar-refractivity contribution in [1.82, 2.24) is 9.55 Å².